The van der Waals surface area contributed by atoms with Crippen molar-refractivity contribution >= 4 is 50.7 Å². The maximum atomic E-state index is 14.2. The van der Waals surface area contributed by atoms with Crippen molar-refractivity contribution in [1.29, 1.82) is 0 Å². The molecule has 0 aliphatic heterocycles. The number of halogens is 2. The van der Waals surface area contributed by atoms with Gasteiger partial charge in [-0.1, -0.05) is 91.0 Å². The Morgan fingerprint density at radius 3 is 2.30 bits per heavy atom. The van der Waals surface area contributed by atoms with Crippen LogP contribution in [0.3, 0.4) is 0 Å². The Bertz CT molecular complexity index is 1570. The average molecular weight is 689 g/mol. The SMILES string of the molecule is CCOc1ccccc1N(CCCC(=O)N(Cc1ccc(Cl)c(Cl)c1)[C@@H](Cc1ccccc1)C(=O)NC1CCCCC1)S(C)(=O)=O. The molecule has 4 rings (SSSR count). The normalized spacial score (nSPS) is 14.3. The Labute approximate surface area is 283 Å². The summed E-state index contributed by atoms with van der Waals surface area (Å²) in [6.07, 6.45) is 6.81. The molecule has 1 aliphatic carbocycles. The van der Waals surface area contributed by atoms with Crippen molar-refractivity contribution in [3.8, 4) is 5.75 Å². The molecule has 1 saturated carbocycles. The molecule has 3 aromatic carbocycles. The van der Waals surface area contributed by atoms with Gasteiger partial charge in [0, 0.05) is 32.0 Å². The lowest BCUT2D eigenvalue weighted by atomic mass is 9.94. The first kappa shape index (κ1) is 35.6. The van der Waals surface area contributed by atoms with E-state index in [1.807, 2.05) is 37.3 Å². The molecule has 1 atom stereocenters. The van der Waals surface area contributed by atoms with Crippen LogP contribution in [0.2, 0.25) is 10.0 Å². The zero-order valence-corrected chi connectivity index (χ0v) is 28.8. The van der Waals surface area contributed by atoms with Gasteiger partial charge >= 0.3 is 0 Å². The molecule has 1 aliphatic rings. The van der Waals surface area contributed by atoms with E-state index in [0.717, 1.165) is 49.5 Å². The first-order valence-electron chi connectivity index (χ1n) is 15.8. The van der Waals surface area contributed by atoms with E-state index in [2.05, 4.69) is 5.32 Å². The summed E-state index contributed by atoms with van der Waals surface area (Å²) in [6.45, 7) is 2.41. The van der Waals surface area contributed by atoms with E-state index >= 15 is 0 Å². The van der Waals surface area contributed by atoms with Gasteiger partial charge in [0.1, 0.15) is 11.8 Å². The van der Waals surface area contributed by atoms with Crippen LogP contribution < -0.4 is 14.4 Å². The number of anilines is 1. The third-order valence-corrected chi connectivity index (χ3v) is 10.1. The Hall–Kier alpha value is -3.27. The van der Waals surface area contributed by atoms with Gasteiger partial charge in [0.15, 0.2) is 0 Å². The van der Waals surface area contributed by atoms with Crippen LogP contribution in [0.15, 0.2) is 72.8 Å². The van der Waals surface area contributed by atoms with E-state index < -0.39 is 16.1 Å². The Morgan fingerprint density at radius 1 is 0.935 bits per heavy atom. The van der Waals surface area contributed by atoms with Crippen molar-refractivity contribution < 1.29 is 22.7 Å². The van der Waals surface area contributed by atoms with Crippen LogP contribution in [0, 0.1) is 0 Å². The number of carbonyl (C=O) groups is 2. The molecule has 0 saturated heterocycles. The number of ether oxygens (including phenoxy) is 1. The maximum Gasteiger partial charge on any atom is 0.243 e. The quantitative estimate of drug-likeness (QED) is 0.185. The third kappa shape index (κ3) is 10.1. The summed E-state index contributed by atoms with van der Waals surface area (Å²) in [5.74, 6) is -0.0183. The summed E-state index contributed by atoms with van der Waals surface area (Å²) in [5, 5.41) is 3.99. The second-order valence-corrected chi connectivity index (χ2v) is 14.4. The zero-order valence-electron chi connectivity index (χ0n) is 26.5. The average Bonchev–Trinajstić information content (AvgIpc) is 3.03. The minimum Gasteiger partial charge on any atom is -0.492 e. The fraction of sp³-hybridized carbons (Fsp3) is 0.429. The smallest absolute Gasteiger partial charge is 0.243 e. The molecule has 1 fully saturated rings. The number of amides is 2. The molecule has 1 N–H and O–H groups in total. The van der Waals surface area contributed by atoms with Crippen LogP contribution in [-0.2, 0) is 32.6 Å². The van der Waals surface area contributed by atoms with Crippen LogP contribution in [-0.4, -0.2) is 56.6 Å². The fourth-order valence-corrected chi connectivity index (χ4v) is 7.15. The molecular formula is C35H43Cl2N3O5S. The molecule has 0 radical (unpaired) electrons. The van der Waals surface area contributed by atoms with E-state index in [4.69, 9.17) is 27.9 Å². The molecule has 3 aromatic rings. The number of rotatable bonds is 15. The molecule has 0 heterocycles. The van der Waals surface area contributed by atoms with E-state index in [-0.39, 0.29) is 43.8 Å². The van der Waals surface area contributed by atoms with Crippen LogP contribution in [0.25, 0.3) is 0 Å². The number of benzene rings is 3. The predicted molar refractivity (Wildman–Crippen MR) is 185 cm³/mol. The number of hydrogen-bond donors (Lipinski definition) is 1. The summed E-state index contributed by atoms with van der Waals surface area (Å²) in [4.78, 5) is 29.8. The van der Waals surface area contributed by atoms with Gasteiger partial charge in [-0.15, -0.1) is 0 Å². The third-order valence-electron chi connectivity index (χ3n) is 8.15. The Kier molecular flexibility index (Phi) is 13.2. The van der Waals surface area contributed by atoms with E-state index in [9.17, 15) is 18.0 Å². The van der Waals surface area contributed by atoms with E-state index in [1.165, 1.54) is 4.31 Å². The minimum atomic E-state index is -3.68. The highest BCUT2D eigenvalue weighted by Gasteiger charge is 2.32. The minimum absolute atomic E-state index is 0.0200. The van der Waals surface area contributed by atoms with Crippen molar-refractivity contribution in [3.05, 3.63) is 94.0 Å². The number of nitrogens with one attached hydrogen (secondary N) is 1. The number of carbonyl (C=O) groups excluding carboxylic acids is 2. The molecule has 8 nitrogen and oxygen atoms in total. The van der Waals surface area contributed by atoms with Gasteiger partial charge in [-0.05, 0) is 61.6 Å². The fourth-order valence-electron chi connectivity index (χ4n) is 5.86. The molecule has 0 unspecified atom stereocenters. The molecule has 0 bridgehead atoms. The largest absolute Gasteiger partial charge is 0.492 e. The molecule has 248 valence electrons. The van der Waals surface area contributed by atoms with Gasteiger partial charge in [-0.3, -0.25) is 13.9 Å². The summed E-state index contributed by atoms with van der Waals surface area (Å²) in [7, 11) is -3.68. The van der Waals surface area contributed by atoms with Crippen molar-refractivity contribution in [2.24, 2.45) is 0 Å². The molecule has 11 heteroatoms. The summed E-state index contributed by atoms with van der Waals surface area (Å²) < 4.78 is 32.7. The Morgan fingerprint density at radius 2 is 1.63 bits per heavy atom. The summed E-state index contributed by atoms with van der Waals surface area (Å²) >= 11 is 12.5. The van der Waals surface area contributed by atoms with Gasteiger partial charge < -0.3 is 15.0 Å². The van der Waals surface area contributed by atoms with Gasteiger partial charge in [-0.2, -0.15) is 0 Å². The first-order chi connectivity index (χ1) is 22.1. The van der Waals surface area contributed by atoms with Crippen LogP contribution in [0.5, 0.6) is 5.75 Å². The standard InChI is InChI=1S/C35H43Cl2N3O5S/c1-3-45-33-18-11-10-17-31(33)40(46(2,43)44)22-12-19-34(41)39(25-27-20-21-29(36)30(37)23-27)32(24-26-13-6-4-7-14-26)35(42)38-28-15-8-5-9-16-28/h4,6-7,10-11,13-14,17-18,20-21,23,28,32H,3,5,8-9,12,15-16,19,22,24-25H2,1-2H3,(H,38,42)/t32-/m0/s1. The first-order valence-corrected chi connectivity index (χ1v) is 18.4. The van der Waals surface area contributed by atoms with Crippen molar-refractivity contribution in [2.45, 2.75) is 76.9 Å². The van der Waals surface area contributed by atoms with E-state index in [1.54, 1.807) is 47.4 Å². The lowest BCUT2D eigenvalue weighted by Gasteiger charge is -2.34. The monoisotopic (exact) mass is 687 g/mol. The van der Waals surface area contributed by atoms with Crippen molar-refractivity contribution in [2.75, 3.05) is 23.7 Å². The highest BCUT2D eigenvalue weighted by molar-refractivity contribution is 7.92. The lowest BCUT2D eigenvalue weighted by molar-refractivity contribution is -0.141. The number of para-hydroxylation sites is 2. The second kappa shape index (κ2) is 17.0. The molecule has 46 heavy (non-hydrogen) atoms. The van der Waals surface area contributed by atoms with Gasteiger partial charge in [0.2, 0.25) is 21.8 Å². The second-order valence-electron chi connectivity index (χ2n) is 11.7. The topological polar surface area (TPSA) is 96.0 Å². The summed E-state index contributed by atoms with van der Waals surface area (Å²) in [5.41, 5.74) is 2.07. The van der Waals surface area contributed by atoms with Crippen LogP contribution in [0.1, 0.15) is 63.0 Å². The lowest BCUT2D eigenvalue weighted by Crippen LogP contribution is -2.53. The van der Waals surface area contributed by atoms with Gasteiger partial charge in [0.05, 0.1) is 28.6 Å². The highest BCUT2D eigenvalue weighted by Crippen LogP contribution is 2.31. The molecule has 2 amide bonds. The number of hydrogen-bond acceptors (Lipinski definition) is 5. The van der Waals surface area contributed by atoms with Crippen LogP contribution >= 0.6 is 23.2 Å². The predicted octanol–water partition coefficient (Wildman–Crippen LogP) is 7.03. The van der Waals surface area contributed by atoms with Gasteiger partial charge in [0.25, 0.3) is 0 Å². The molecule has 0 spiro atoms. The number of sulfonamides is 1. The van der Waals surface area contributed by atoms with Crippen LogP contribution in [0.4, 0.5) is 5.69 Å². The molecule has 0 aromatic heterocycles. The maximum absolute atomic E-state index is 14.2. The van der Waals surface area contributed by atoms with Gasteiger partial charge in [-0.25, -0.2) is 8.42 Å². The van der Waals surface area contributed by atoms with Crippen molar-refractivity contribution in [1.82, 2.24) is 10.2 Å². The Balaban J connectivity index is 1.62. The van der Waals surface area contributed by atoms with E-state index in [0.29, 0.717) is 34.5 Å². The molecular weight excluding hydrogens is 645 g/mol. The highest BCUT2D eigenvalue weighted by atomic mass is 35.5. The number of nitrogens with zero attached hydrogens (tertiary/aromatic N) is 2. The summed E-state index contributed by atoms with van der Waals surface area (Å²) in [6, 6.07) is 21.0. The van der Waals surface area contributed by atoms with Crippen molar-refractivity contribution in [3.63, 3.8) is 0 Å². The zero-order chi connectivity index (χ0) is 33.1.